The lowest BCUT2D eigenvalue weighted by Crippen LogP contribution is -2.50. The van der Waals surface area contributed by atoms with Crippen molar-refractivity contribution in [3.8, 4) is 11.5 Å². The number of rotatable bonds is 2. The summed E-state index contributed by atoms with van der Waals surface area (Å²) in [5.74, 6) is 0.294. The molecule has 0 radical (unpaired) electrons. The fraction of sp³-hybridized carbons (Fsp3) is 0.381. The van der Waals surface area contributed by atoms with Gasteiger partial charge in [-0.05, 0) is 51.0 Å². The summed E-state index contributed by atoms with van der Waals surface area (Å²) in [4.78, 5) is 14.4. The smallest absolute Gasteiger partial charge is 0.407 e. The highest BCUT2D eigenvalue weighted by Crippen LogP contribution is 2.48. The number of alkyl carbamates (subject to hydrolysis) is 1. The minimum absolute atomic E-state index is 0.185. The van der Waals surface area contributed by atoms with E-state index < -0.39 is 11.9 Å². The molecule has 1 saturated heterocycles. The molecule has 2 aliphatic heterocycles. The molecule has 2 atom stereocenters. The molecule has 0 bridgehead atoms. The van der Waals surface area contributed by atoms with Crippen molar-refractivity contribution in [1.29, 1.82) is 0 Å². The van der Waals surface area contributed by atoms with Gasteiger partial charge in [-0.2, -0.15) is 0 Å². The van der Waals surface area contributed by atoms with Crippen LogP contribution in [0.15, 0.2) is 36.4 Å². The summed E-state index contributed by atoms with van der Waals surface area (Å²) in [6.07, 6.45) is 0.914. The van der Waals surface area contributed by atoms with E-state index in [2.05, 4.69) is 10.2 Å². The molecule has 28 heavy (non-hydrogen) atoms. The monoisotopic (exact) mass is 404 g/mol. The number of nitrogens with zero attached hydrogens (tertiary/aromatic N) is 1. The molecule has 0 spiro atoms. The summed E-state index contributed by atoms with van der Waals surface area (Å²) >= 11 is 6.24. The van der Waals surface area contributed by atoms with Gasteiger partial charge in [-0.3, -0.25) is 0 Å². The largest absolute Gasteiger partial charge is 0.452 e. The van der Waals surface area contributed by atoms with Gasteiger partial charge in [0, 0.05) is 17.1 Å². The third-order valence-electron chi connectivity index (χ3n) is 5.04. The number of hydrogen-bond donors (Lipinski definition) is 1. The lowest BCUT2D eigenvalue weighted by Gasteiger charge is -2.42. The number of nitrogens with one attached hydrogen (secondary N) is 1. The number of fused-ring (bicyclic) bond motifs is 5. The van der Waals surface area contributed by atoms with E-state index in [4.69, 9.17) is 21.1 Å². The maximum Gasteiger partial charge on any atom is 0.407 e. The van der Waals surface area contributed by atoms with E-state index in [1.165, 1.54) is 6.07 Å². The van der Waals surface area contributed by atoms with Crippen LogP contribution in [0.1, 0.15) is 38.3 Å². The minimum Gasteiger partial charge on any atom is -0.452 e. The van der Waals surface area contributed by atoms with Crippen molar-refractivity contribution in [2.75, 3.05) is 11.4 Å². The molecule has 2 aromatic carbocycles. The number of carbonyl (C=O) groups excluding carboxylic acids is 1. The van der Waals surface area contributed by atoms with Crippen LogP contribution in [0.25, 0.3) is 0 Å². The van der Waals surface area contributed by atoms with Crippen molar-refractivity contribution in [3.63, 3.8) is 0 Å². The second-order valence-corrected chi connectivity index (χ2v) is 7.79. The molecule has 7 heteroatoms. The highest BCUT2D eigenvalue weighted by molar-refractivity contribution is 6.31. The van der Waals surface area contributed by atoms with Crippen LogP contribution in [0.5, 0.6) is 11.5 Å². The standard InChI is InChI=1S/C21H22ClFN2O3/c1-12(2)27-21(26)24-16-7-4-10-25-17-11-13(22)8-9-18(17)28-20-14(19(16)25)5-3-6-15(20)23/h3,5-6,8-9,11-12,16,19H,4,7,10H2,1-2H3,(H,24,26). The molecule has 0 aromatic heterocycles. The van der Waals surface area contributed by atoms with Gasteiger partial charge in [0.2, 0.25) is 0 Å². The van der Waals surface area contributed by atoms with Gasteiger partial charge in [0.1, 0.15) is 0 Å². The number of piperidine rings is 1. The highest BCUT2D eigenvalue weighted by Gasteiger charge is 2.40. The quantitative estimate of drug-likeness (QED) is 0.725. The van der Waals surface area contributed by atoms with Crippen LogP contribution in [0.4, 0.5) is 14.9 Å². The number of halogens is 2. The summed E-state index contributed by atoms with van der Waals surface area (Å²) in [5.41, 5.74) is 1.48. The number of anilines is 1. The molecule has 2 aromatic rings. The normalized spacial score (nSPS) is 20.4. The maximum atomic E-state index is 14.7. The van der Waals surface area contributed by atoms with Crippen molar-refractivity contribution in [2.24, 2.45) is 0 Å². The second-order valence-electron chi connectivity index (χ2n) is 7.36. The number of benzene rings is 2. The number of para-hydroxylation sites is 1. The summed E-state index contributed by atoms with van der Waals surface area (Å²) in [6, 6.07) is 9.63. The van der Waals surface area contributed by atoms with Crippen LogP contribution in [-0.2, 0) is 4.74 Å². The number of amides is 1. The Kier molecular flexibility index (Phi) is 5.06. The summed E-state index contributed by atoms with van der Waals surface area (Å²) in [6.45, 7) is 4.35. The molecular weight excluding hydrogens is 383 g/mol. The lowest BCUT2D eigenvalue weighted by molar-refractivity contribution is 0.109. The molecule has 148 valence electrons. The molecule has 5 nitrogen and oxygen atoms in total. The topological polar surface area (TPSA) is 50.8 Å². The predicted molar refractivity (Wildman–Crippen MR) is 106 cm³/mol. The van der Waals surface area contributed by atoms with Gasteiger partial charge >= 0.3 is 6.09 Å². The van der Waals surface area contributed by atoms with Crippen LogP contribution >= 0.6 is 11.6 Å². The Morgan fingerprint density at radius 1 is 1.36 bits per heavy atom. The van der Waals surface area contributed by atoms with Crippen LogP contribution in [0, 0.1) is 5.82 Å². The van der Waals surface area contributed by atoms with Crippen molar-refractivity contribution >= 4 is 23.4 Å². The molecule has 0 aliphatic carbocycles. The fourth-order valence-electron chi connectivity index (χ4n) is 3.98. The summed E-state index contributed by atoms with van der Waals surface area (Å²) < 4.78 is 25.9. The fourth-order valence-corrected chi connectivity index (χ4v) is 4.14. The molecule has 4 rings (SSSR count). The molecule has 2 aliphatic rings. The van der Waals surface area contributed by atoms with Crippen molar-refractivity contribution < 1.29 is 18.7 Å². The zero-order valence-electron chi connectivity index (χ0n) is 15.7. The molecular formula is C21H22ClFN2O3. The van der Waals surface area contributed by atoms with Crippen LogP contribution in [-0.4, -0.2) is 24.8 Å². The van der Waals surface area contributed by atoms with E-state index >= 15 is 0 Å². The number of ether oxygens (including phenoxy) is 2. The zero-order chi connectivity index (χ0) is 19.8. The van der Waals surface area contributed by atoms with E-state index in [1.807, 2.05) is 12.1 Å². The van der Waals surface area contributed by atoms with Gasteiger partial charge in [-0.25, -0.2) is 9.18 Å². The first-order valence-electron chi connectivity index (χ1n) is 9.43. The third-order valence-corrected chi connectivity index (χ3v) is 5.27. The molecule has 0 saturated carbocycles. The average Bonchev–Trinajstić information content (AvgIpc) is 2.77. The van der Waals surface area contributed by atoms with Gasteiger partial charge in [0.05, 0.1) is 23.9 Å². The average molecular weight is 405 g/mol. The van der Waals surface area contributed by atoms with E-state index in [0.717, 1.165) is 25.1 Å². The van der Waals surface area contributed by atoms with Gasteiger partial charge < -0.3 is 19.7 Å². The first-order valence-corrected chi connectivity index (χ1v) is 9.81. The van der Waals surface area contributed by atoms with E-state index in [1.54, 1.807) is 32.0 Å². The Morgan fingerprint density at radius 2 is 2.18 bits per heavy atom. The first-order chi connectivity index (χ1) is 13.4. The zero-order valence-corrected chi connectivity index (χ0v) is 16.5. The molecule has 1 N–H and O–H groups in total. The van der Waals surface area contributed by atoms with E-state index in [0.29, 0.717) is 16.3 Å². The lowest BCUT2D eigenvalue weighted by atomic mass is 9.89. The minimum atomic E-state index is -0.476. The van der Waals surface area contributed by atoms with Crippen LogP contribution < -0.4 is 15.0 Å². The van der Waals surface area contributed by atoms with Crippen LogP contribution in [0.2, 0.25) is 5.02 Å². The highest BCUT2D eigenvalue weighted by atomic mass is 35.5. The van der Waals surface area contributed by atoms with E-state index in [9.17, 15) is 9.18 Å². The molecule has 2 unspecified atom stereocenters. The Balaban J connectivity index is 1.80. The maximum absolute atomic E-state index is 14.7. The van der Waals surface area contributed by atoms with Gasteiger partial charge in [-0.1, -0.05) is 23.7 Å². The van der Waals surface area contributed by atoms with Crippen molar-refractivity contribution in [3.05, 3.63) is 52.8 Å². The number of carbonyl (C=O) groups is 1. The predicted octanol–water partition coefficient (Wildman–Crippen LogP) is 5.43. The van der Waals surface area contributed by atoms with Gasteiger partial charge in [0.25, 0.3) is 0 Å². The number of hydrogen-bond acceptors (Lipinski definition) is 4. The second kappa shape index (κ2) is 7.51. The Labute approximate surface area is 168 Å². The van der Waals surface area contributed by atoms with Crippen molar-refractivity contribution in [1.82, 2.24) is 5.32 Å². The van der Waals surface area contributed by atoms with Crippen molar-refractivity contribution in [2.45, 2.75) is 44.9 Å². The molecule has 2 heterocycles. The Bertz CT molecular complexity index is 905. The van der Waals surface area contributed by atoms with Gasteiger partial charge in [0.15, 0.2) is 17.3 Å². The summed E-state index contributed by atoms with van der Waals surface area (Å²) in [7, 11) is 0. The summed E-state index contributed by atoms with van der Waals surface area (Å²) in [5, 5.41) is 3.54. The Morgan fingerprint density at radius 3 is 2.96 bits per heavy atom. The molecule has 1 fully saturated rings. The molecule has 1 amide bonds. The first kappa shape index (κ1) is 18.9. The SMILES string of the molecule is CC(C)OC(=O)NC1CCCN2c3cc(Cl)ccc3Oc3c(F)cccc3C12. The third kappa shape index (κ3) is 3.49. The van der Waals surface area contributed by atoms with E-state index in [-0.39, 0.29) is 23.9 Å². The van der Waals surface area contributed by atoms with Crippen LogP contribution in [0.3, 0.4) is 0 Å². The Hall–Kier alpha value is -2.47. The van der Waals surface area contributed by atoms with Gasteiger partial charge in [-0.15, -0.1) is 0 Å².